The number of nitrogens with zero attached hydrogens (tertiary/aromatic N) is 1. The molecule has 0 aromatic rings. The SMILES string of the molecule is CCCCCC[N+](C)(CCCCCl)CCCCCC. The van der Waals surface area contributed by atoms with Gasteiger partial charge in [0.1, 0.15) is 0 Å². The molecule has 0 aromatic heterocycles. The van der Waals surface area contributed by atoms with Crippen LogP contribution in [0.15, 0.2) is 0 Å². The summed E-state index contributed by atoms with van der Waals surface area (Å²) < 4.78 is 1.28. The van der Waals surface area contributed by atoms with Crippen molar-refractivity contribution in [1.82, 2.24) is 0 Å². The molecule has 0 rings (SSSR count). The van der Waals surface area contributed by atoms with Crippen LogP contribution < -0.4 is 0 Å². The van der Waals surface area contributed by atoms with Gasteiger partial charge in [0.15, 0.2) is 0 Å². The first-order chi connectivity index (χ1) is 9.18. The molecule has 116 valence electrons. The third kappa shape index (κ3) is 11.8. The monoisotopic (exact) mass is 290 g/mol. The van der Waals surface area contributed by atoms with E-state index < -0.39 is 0 Å². The Hall–Kier alpha value is 0.250. The number of hydrogen-bond donors (Lipinski definition) is 0. The second kappa shape index (κ2) is 13.2. The summed E-state index contributed by atoms with van der Waals surface area (Å²) in [6.45, 7) is 8.65. The highest BCUT2D eigenvalue weighted by atomic mass is 35.5. The molecule has 0 aliphatic rings. The van der Waals surface area contributed by atoms with Gasteiger partial charge >= 0.3 is 0 Å². The molecule has 0 fully saturated rings. The molecule has 0 saturated carbocycles. The lowest BCUT2D eigenvalue weighted by Gasteiger charge is -2.35. The summed E-state index contributed by atoms with van der Waals surface area (Å²) in [7, 11) is 2.46. The standard InChI is InChI=1S/C17H37ClN/c1-4-6-8-11-15-19(3,17-13-10-14-18)16-12-9-7-5-2/h4-17H2,1-3H3/q+1. The molecule has 0 spiro atoms. The third-order valence-electron chi connectivity index (χ3n) is 4.18. The zero-order valence-electron chi connectivity index (χ0n) is 13.7. The Labute approximate surface area is 127 Å². The van der Waals surface area contributed by atoms with Gasteiger partial charge in [0.2, 0.25) is 0 Å². The van der Waals surface area contributed by atoms with Gasteiger partial charge in [0.25, 0.3) is 0 Å². The number of hydrogen-bond acceptors (Lipinski definition) is 0. The van der Waals surface area contributed by atoms with E-state index in [2.05, 4.69) is 20.9 Å². The summed E-state index contributed by atoms with van der Waals surface area (Å²) in [5.74, 6) is 0.825. The predicted octanol–water partition coefficient (Wildman–Crippen LogP) is 5.61. The molecule has 0 aromatic carbocycles. The third-order valence-corrected chi connectivity index (χ3v) is 4.45. The highest BCUT2D eigenvalue weighted by molar-refractivity contribution is 6.17. The lowest BCUT2D eigenvalue weighted by molar-refractivity contribution is -0.910. The van der Waals surface area contributed by atoms with Gasteiger partial charge < -0.3 is 4.48 Å². The lowest BCUT2D eigenvalue weighted by Crippen LogP contribution is -2.46. The fraction of sp³-hybridized carbons (Fsp3) is 1.00. The minimum absolute atomic E-state index is 0.825. The highest BCUT2D eigenvalue weighted by Crippen LogP contribution is 2.13. The van der Waals surface area contributed by atoms with Crippen molar-refractivity contribution in [3.05, 3.63) is 0 Å². The Morgan fingerprint density at radius 3 is 1.42 bits per heavy atom. The molecule has 0 atom stereocenters. The van der Waals surface area contributed by atoms with E-state index in [0.717, 1.165) is 5.88 Å². The normalized spacial score (nSPS) is 12.0. The predicted molar refractivity (Wildman–Crippen MR) is 89.0 cm³/mol. The van der Waals surface area contributed by atoms with Crippen LogP contribution in [-0.4, -0.2) is 37.0 Å². The largest absolute Gasteiger partial charge is 0.326 e. The maximum Gasteiger partial charge on any atom is 0.0784 e. The zero-order chi connectivity index (χ0) is 14.4. The van der Waals surface area contributed by atoms with E-state index in [-0.39, 0.29) is 0 Å². The smallest absolute Gasteiger partial charge is 0.0784 e. The van der Waals surface area contributed by atoms with Crippen LogP contribution in [-0.2, 0) is 0 Å². The number of alkyl halides is 1. The van der Waals surface area contributed by atoms with E-state index in [1.165, 1.54) is 88.3 Å². The number of unbranched alkanes of at least 4 members (excludes halogenated alkanes) is 7. The Morgan fingerprint density at radius 1 is 0.632 bits per heavy atom. The van der Waals surface area contributed by atoms with Gasteiger partial charge in [0, 0.05) is 5.88 Å². The summed E-state index contributed by atoms with van der Waals surface area (Å²) in [5, 5.41) is 0. The summed E-state index contributed by atoms with van der Waals surface area (Å²) in [6, 6.07) is 0. The van der Waals surface area contributed by atoms with E-state index in [9.17, 15) is 0 Å². The summed E-state index contributed by atoms with van der Waals surface area (Å²) >= 11 is 5.81. The number of quaternary nitrogens is 1. The molecule has 0 aliphatic heterocycles. The molecule has 0 N–H and O–H groups in total. The number of rotatable bonds is 14. The van der Waals surface area contributed by atoms with Gasteiger partial charge in [-0.05, 0) is 38.5 Å². The molecule has 0 unspecified atom stereocenters. The van der Waals surface area contributed by atoms with Gasteiger partial charge in [-0.3, -0.25) is 0 Å². The maximum atomic E-state index is 5.81. The lowest BCUT2D eigenvalue weighted by atomic mass is 10.1. The molecule has 0 saturated heterocycles. The first-order valence-electron chi connectivity index (χ1n) is 8.58. The van der Waals surface area contributed by atoms with Gasteiger partial charge in [-0.1, -0.05) is 39.5 Å². The van der Waals surface area contributed by atoms with E-state index in [1.807, 2.05) is 0 Å². The first kappa shape index (κ1) is 19.2. The summed E-state index contributed by atoms with van der Waals surface area (Å²) in [6.07, 6.45) is 13.6. The Kier molecular flexibility index (Phi) is 13.4. The molecule has 0 radical (unpaired) electrons. The molecular weight excluding hydrogens is 254 g/mol. The van der Waals surface area contributed by atoms with Crippen LogP contribution in [0.4, 0.5) is 0 Å². The molecule has 0 amide bonds. The molecule has 0 bridgehead atoms. The van der Waals surface area contributed by atoms with Crippen molar-refractivity contribution < 1.29 is 4.48 Å². The van der Waals surface area contributed by atoms with Gasteiger partial charge in [-0.25, -0.2) is 0 Å². The van der Waals surface area contributed by atoms with Crippen molar-refractivity contribution in [1.29, 1.82) is 0 Å². The van der Waals surface area contributed by atoms with Crippen molar-refractivity contribution in [2.75, 3.05) is 32.6 Å². The Bertz CT molecular complexity index is 170. The van der Waals surface area contributed by atoms with Crippen LogP contribution >= 0.6 is 11.6 Å². The fourth-order valence-corrected chi connectivity index (χ4v) is 2.95. The minimum Gasteiger partial charge on any atom is -0.326 e. The number of halogens is 1. The van der Waals surface area contributed by atoms with E-state index >= 15 is 0 Å². The van der Waals surface area contributed by atoms with Crippen LogP contribution in [0.25, 0.3) is 0 Å². The zero-order valence-corrected chi connectivity index (χ0v) is 14.5. The van der Waals surface area contributed by atoms with Crippen molar-refractivity contribution in [2.45, 2.75) is 78.1 Å². The van der Waals surface area contributed by atoms with Crippen molar-refractivity contribution in [3.63, 3.8) is 0 Å². The van der Waals surface area contributed by atoms with E-state index in [0.29, 0.717) is 0 Å². The molecule has 2 heteroatoms. The first-order valence-corrected chi connectivity index (χ1v) is 9.11. The maximum absolute atomic E-state index is 5.81. The van der Waals surface area contributed by atoms with Gasteiger partial charge in [0.05, 0.1) is 26.7 Å². The molecule has 19 heavy (non-hydrogen) atoms. The van der Waals surface area contributed by atoms with E-state index in [4.69, 9.17) is 11.6 Å². The van der Waals surface area contributed by atoms with Crippen molar-refractivity contribution >= 4 is 11.6 Å². The van der Waals surface area contributed by atoms with E-state index in [1.54, 1.807) is 0 Å². The van der Waals surface area contributed by atoms with Gasteiger partial charge in [-0.2, -0.15) is 0 Å². The summed E-state index contributed by atoms with van der Waals surface area (Å²) in [5.41, 5.74) is 0. The summed E-state index contributed by atoms with van der Waals surface area (Å²) in [4.78, 5) is 0. The second-order valence-electron chi connectivity index (χ2n) is 6.31. The highest BCUT2D eigenvalue weighted by Gasteiger charge is 2.19. The average Bonchev–Trinajstić information content (AvgIpc) is 2.41. The van der Waals surface area contributed by atoms with Crippen molar-refractivity contribution in [2.24, 2.45) is 0 Å². The fourth-order valence-electron chi connectivity index (χ4n) is 2.76. The van der Waals surface area contributed by atoms with Crippen LogP contribution in [0.3, 0.4) is 0 Å². The van der Waals surface area contributed by atoms with Crippen LogP contribution in [0, 0.1) is 0 Å². The Balaban J connectivity index is 3.96. The van der Waals surface area contributed by atoms with Crippen molar-refractivity contribution in [3.8, 4) is 0 Å². The molecule has 0 aliphatic carbocycles. The second-order valence-corrected chi connectivity index (χ2v) is 6.69. The van der Waals surface area contributed by atoms with Crippen LogP contribution in [0.5, 0.6) is 0 Å². The van der Waals surface area contributed by atoms with Gasteiger partial charge in [-0.15, -0.1) is 11.6 Å². The quantitative estimate of drug-likeness (QED) is 0.221. The minimum atomic E-state index is 0.825. The average molecular weight is 291 g/mol. The Morgan fingerprint density at radius 2 is 1.05 bits per heavy atom. The topological polar surface area (TPSA) is 0 Å². The molecule has 1 nitrogen and oxygen atoms in total. The molecule has 0 heterocycles. The van der Waals surface area contributed by atoms with Crippen LogP contribution in [0.2, 0.25) is 0 Å². The van der Waals surface area contributed by atoms with Crippen LogP contribution in [0.1, 0.15) is 78.1 Å². The molecular formula is C17H37ClN+.